The van der Waals surface area contributed by atoms with Gasteiger partial charge in [0.2, 0.25) is 5.78 Å². The Morgan fingerprint density at radius 3 is 2.50 bits per heavy atom. The van der Waals surface area contributed by atoms with E-state index < -0.39 is 23.0 Å². The molecule has 1 atom stereocenters. The molecule has 1 aromatic rings. The SMILES string of the molecule is CC(C)(C)OC(=O)[C@]1(F)Cc2ccccc2C1=O. The van der Waals surface area contributed by atoms with E-state index in [2.05, 4.69) is 0 Å². The molecule has 0 saturated carbocycles. The van der Waals surface area contributed by atoms with Gasteiger partial charge in [-0.05, 0) is 26.3 Å². The number of esters is 1. The van der Waals surface area contributed by atoms with Crippen molar-refractivity contribution in [1.82, 2.24) is 0 Å². The lowest BCUT2D eigenvalue weighted by Gasteiger charge is -2.24. The number of hydrogen-bond donors (Lipinski definition) is 0. The van der Waals surface area contributed by atoms with Crippen LogP contribution in [0.25, 0.3) is 0 Å². The molecule has 2 rings (SSSR count). The lowest BCUT2D eigenvalue weighted by molar-refractivity contribution is -0.165. The predicted molar refractivity (Wildman–Crippen MR) is 64.2 cm³/mol. The largest absolute Gasteiger partial charge is 0.457 e. The van der Waals surface area contributed by atoms with Crippen molar-refractivity contribution in [3.63, 3.8) is 0 Å². The fourth-order valence-corrected chi connectivity index (χ4v) is 1.98. The molecule has 0 spiro atoms. The van der Waals surface area contributed by atoms with Crippen molar-refractivity contribution in [2.45, 2.75) is 38.5 Å². The molecule has 0 aromatic heterocycles. The van der Waals surface area contributed by atoms with E-state index in [1.807, 2.05) is 0 Å². The quantitative estimate of drug-likeness (QED) is 0.568. The molecule has 1 aliphatic rings. The molecular formula is C14H15FO3. The highest BCUT2D eigenvalue weighted by Crippen LogP contribution is 2.35. The van der Waals surface area contributed by atoms with Gasteiger partial charge < -0.3 is 4.74 Å². The van der Waals surface area contributed by atoms with Crippen molar-refractivity contribution in [1.29, 1.82) is 0 Å². The third-order valence-corrected chi connectivity index (χ3v) is 2.78. The van der Waals surface area contributed by atoms with E-state index in [0.29, 0.717) is 5.56 Å². The molecule has 0 fully saturated rings. The molecule has 4 heteroatoms. The number of halogens is 1. The van der Waals surface area contributed by atoms with Crippen molar-refractivity contribution in [3.8, 4) is 0 Å². The minimum atomic E-state index is -2.57. The van der Waals surface area contributed by atoms with Crippen LogP contribution in [0, 0.1) is 0 Å². The summed E-state index contributed by atoms with van der Waals surface area (Å²) >= 11 is 0. The lowest BCUT2D eigenvalue weighted by Crippen LogP contribution is -2.44. The van der Waals surface area contributed by atoms with Crippen molar-refractivity contribution in [2.75, 3.05) is 0 Å². The second-order valence-corrected chi connectivity index (χ2v) is 5.47. The van der Waals surface area contributed by atoms with Crippen LogP contribution in [0.15, 0.2) is 24.3 Å². The van der Waals surface area contributed by atoms with E-state index in [4.69, 9.17) is 4.74 Å². The van der Waals surface area contributed by atoms with Gasteiger partial charge in [-0.1, -0.05) is 24.3 Å². The first-order chi connectivity index (χ1) is 8.24. The third-order valence-electron chi connectivity index (χ3n) is 2.78. The highest BCUT2D eigenvalue weighted by molar-refractivity contribution is 6.18. The Morgan fingerprint density at radius 2 is 1.94 bits per heavy atom. The summed E-state index contributed by atoms with van der Waals surface area (Å²) in [6, 6.07) is 6.55. The number of carbonyl (C=O) groups is 2. The highest BCUT2D eigenvalue weighted by atomic mass is 19.1. The molecule has 0 N–H and O–H groups in total. The lowest BCUT2D eigenvalue weighted by atomic mass is 10.0. The summed E-state index contributed by atoms with van der Waals surface area (Å²) in [6.45, 7) is 4.92. The van der Waals surface area contributed by atoms with Gasteiger partial charge in [0.05, 0.1) is 0 Å². The summed E-state index contributed by atoms with van der Waals surface area (Å²) in [5.74, 6) is -1.90. The molecule has 0 bridgehead atoms. The fourth-order valence-electron chi connectivity index (χ4n) is 1.98. The molecule has 96 valence electrons. The summed E-state index contributed by atoms with van der Waals surface area (Å²) in [4.78, 5) is 23.8. The first-order valence-corrected chi connectivity index (χ1v) is 5.79. The Hall–Kier alpha value is -1.71. The normalized spacial score (nSPS) is 22.8. The Kier molecular flexibility index (Phi) is 2.76. The van der Waals surface area contributed by atoms with Crippen molar-refractivity contribution in [3.05, 3.63) is 35.4 Å². The summed E-state index contributed by atoms with van der Waals surface area (Å²) in [7, 11) is 0. The van der Waals surface area contributed by atoms with Gasteiger partial charge in [0.15, 0.2) is 0 Å². The van der Waals surface area contributed by atoms with Crippen LogP contribution < -0.4 is 0 Å². The van der Waals surface area contributed by atoms with Crippen LogP contribution in [-0.4, -0.2) is 23.0 Å². The number of benzene rings is 1. The van der Waals surface area contributed by atoms with Gasteiger partial charge >= 0.3 is 5.97 Å². The van der Waals surface area contributed by atoms with Gasteiger partial charge in [-0.3, -0.25) is 4.79 Å². The minimum absolute atomic E-state index is 0.239. The van der Waals surface area contributed by atoms with E-state index in [0.717, 1.165) is 0 Å². The minimum Gasteiger partial charge on any atom is -0.457 e. The zero-order valence-electron chi connectivity index (χ0n) is 10.6. The Bertz CT molecular complexity index is 516. The summed E-state index contributed by atoms with van der Waals surface area (Å²) in [5.41, 5.74) is -2.57. The van der Waals surface area contributed by atoms with Crippen LogP contribution in [0.4, 0.5) is 4.39 Å². The maximum absolute atomic E-state index is 14.6. The van der Waals surface area contributed by atoms with Gasteiger partial charge in [-0.15, -0.1) is 0 Å². The van der Waals surface area contributed by atoms with Crippen LogP contribution in [-0.2, 0) is 16.0 Å². The van der Waals surface area contributed by atoms with Crippen LogP contribution in [0.3, 0.4) is 0 Å². The number of carbonyl (C=O) groups excluding carboxylic acids is 2. The van der Waals surface area contributed by atoms with Crippen molar-refractivity contribution < 1.29 is 18.7 Å². The standard InChI is InChI=1S/C14H15FO3/c1-13(2,3)18-12(17)14(15)8-9-6-4-5-7-10(9)11(14)16/h4-7H,8H2,1-3H3/t14-/m0/s1. The zero-order valence-corrected chi connectivity index (χ0v) is 10.6. The number of Topliss-reactive ketones (excluding diaryl/α,β-unsaturated/α-hetero) is 1. The smallest absolute Gasteiger partial charge is 0.353 e. The maximum atomic E-state index is 14.6. The van der Waals surface area contributed by atoms with E-state index >= 15 is 0 Å². The molecule has 0 amide bonds. The summed E-state index contributed by atoms with van der Waals surface area (Å²) in [5, 5.41) is 0. The fraction of sp³-hybridized carbons (Fsp3) is 0.429. The zero-order chi connectivity index (χ0) is 13.6. The average molecular weight is 250 g/mol. The van der Waals surface area contributed by atoms with Crippen molar-refractivity contribution in [2.24, 2.45) is 0 Å². The van der Waals surface area contributed by atoms with E-state index in [1.165, 1.54) is 6.07 Å². The molecule has 0 saturated heterocycles. The average Bonchev–Trinajstić information content (AvgIpc) is 2.51. The first kappa shape index (κ1) is 12.7. The molecule has 0 heterocycles. The molecule has 1 aromatic carbocycles. The Labute approximate surface area is 105 Å². The van der Waals surface area contributed by atoms with E-state index in [9.17, 15) is 14.0 Å². The summed E-state index contributed by atoms with van der Waals surface area (Å²) < 4.78 is 19.6. The second kappa shape index (κ2) is 3.90. The molecule has 18 heavy (non-hydrogen) atoms. The van der Waals surface area contributed by atoms with Gasteiger partial charge in [-0.2, -0.15) is 0 Å². The van der Waals surface area contributed by atoms with Crippen LogP contribution in [0.2, 0.25) is 0 Å². The van der Waals surface area contributed by atoms with Gasteiger partial charge in [0.25, 0.3) is 5.67 Å². The highest BCUT2D eigenvalue weighted by Gasteiger charge is 2.54. The number of hydrogen-bond acceptors (Lipinski definition) is 3. The monoisotopic (exact) mass is 250 g/mol. The van der Waals surface area contributed by atoms with Gasteiger partial charge in [0, 0.05) is 12.0 Å². The number of ether oxygens (including phenoxy) is 1. The van der Waals surface area contributed by atoms with E-state index in [-0.39, 0.29) is 12.0 Å². The molecule has 3 nitrogen and oxygen atoms in total. The molecule has 0 unspecified atom stereocenters. The number of fused-ring (bicyclic) bond motifs is 1. The predicted octanol–water partition coefficient (Wildman–Crippen LogP) is 2.48. The number of ketones is 1. The molecule has 0 aliphatic heterocycles. The Morgan fingerprint density at radius 1 is 1.33 bits per heavy atom. The second-order valence-electron chi connectivity index (χ2n) is 5.47. The van der Waals surface area contributed by atoms with E-state index in [1.54, 1.807) is 39.0 Å². The number of alkyl halides is 1. The number of rotatable bonds is 1. The maximum Gasteiger partial charge on any atom is 0.353 e. The molecule has 0 radical (unpaired) electrons. The van der Waals surface area contributed by atoms with Crippen LogP contribution >= 0.6 is 0 Å². The van der Waals surface area contributed by atoms with Crippen LogP contribution in [0.5, 0.6) is 0 Å². The molecule has 1 aliphatic carbocycles. The van der Waals surface area contributed by atoms with Gasteiger partial charge in [-0.25, -0.2) is 9.18 Å². The van der Waals surface area contributed by atoms with Crippen molar-refractivity contribution >= 4 is 11.8 Å². The third kappa shape index (κ3) is 2.03. The summed E-state index contributed by atoms with van der Waals surface area (Å²) in [6.07, 6.45) is -0.239. The van der Waals surface area contributed by atoms with Gasteiger partial charge in [0.1, 0.15) is 5.60 Å². The van der Waals surface area contributed by atoms with Crippen LogP contribution in [0.1, 0.15) is 36.7 Å². The topological polar surface area (TPSA) is 43.4 Å². The Balaban J connectivity index is 2.31. The first-order valence-electron chi connectivity index (χ1n) is 5.79. The molecular weight excluding hydrogens is 235 g/mol.